The van der Waals surface area contributed by atoms with E-state index in [9.17, 15) is 18.0 Å². The Morgan fingerprint density at radius 1 is 0.927 bits per heavy atom. The number of anilines is 4. The highest BCUT2D eigenvalue weighted by molar-refractivity contribution is 6.05. The van der Waals surface area contributed by atoms with Crippen LogP contribution in [0.2, 0.25) is 0 Å². The molecule has 0 atom stereocenters. The molecular weight excluding hydrogens is 539 g/mol. The summed E-state index contributed by atoms with van der Waals surface area (Å²) in [5, 5.41) is 5.70. The maximum absolute atomic E-state index is 13.4. The average Bonchev–Trinajstić information content (AvgIpc) is 3.26. The number of carbonyl (C=O) groups is 1. The van der Waals surface area contributed by atoms with Gasteiger partial charge >= 0.3 is 6.18 Å². The Morgan fingerprint density at radius 3 is 2.37 bits per heavy atom. The van der Waals surface area contributed by atoms with Crippen LogP contribution in [0.3, 0.4) is 0 Å². The molecule has 10 nitrogen and oxygen atoms in total. The van der Waals surface area contributed by atoms with Crippen LogP contribution in [0.5, 0.6) is 11.5 Å². The molecule has 0 unspecified atom stereocenters. The Labute approximate surface area is 233 Å². The van der Waals surface area contributed by atoms with Crippen molar-refractivity contribution >= 4 is 40.1 Å². The Balaban J connectivity index is 1.43. The second kappa shape index (κ2) is 11.8. The quantitative estimate of drug-likeness (QED) is 0.285. The molecule has 2 aromatic heterocycles. The summed E-state index contributed by atoms with van der Waals surface area (Å²) in [5.41, 5.74) is 0.585. The second-order valence-corrected chi connectivity index (χ2v) is 9.43. The maximum atomic E-state index is 13.4. The van der Waals surface area contributed by atoms with Crippen molar-refractivity contribution in [1.82, 2.24) is 19.9 Å². The van der Waals surface area contributed by atoms with Gasteiger partial charge in [-0.15, -0.1) is 0 Å². The second-order valence-electron chi connectivity index (χ2n) is 9.43. The van der Waals surface area contributed by atoms with E-state index in [0.29, 0.717) is 34.2 Å². The predicted octanol–water partition coefficient (Wildman–Crippen LogP) is 5.83. The number of ether oxygens (including phenoxy) is 2. The van der Waals surface area contributed by atoms with Crippen molar-refractivity contribution in [2.24, 2.45) is 0 Å². The van der Waals surface area contributed by atoms with Gasteiger partial charge in [-0.3, -0.25) is 4.79 Å². The number of aromatic nitrogens is 4. The van der Waals surface area contributed by atoms with Gasteiger partial charge in [0.15, 0.2) is 5.82 Å². The molecule has 1 fully saturated rings. The number of halogens is 3. The van der Waals surface area contributed by atoms with Gasteiger partial charge in [-0.1, -0.05) is 12.8 Å². The minimum Gasteiger partial charge on any atom is -0.496 e. The highest BCUT2D eigenvalue weighted by atomic mass is 19.4. The van der Waals surface area contributed by atoms with Crippen LogP contribution in [0.25, 0.3) is 11.0 Å². The first kappa shape index (κ1) is 27.9. The average molecular weight is 568 g/mol. The molecule has 3 heterocycles. The smallest absolute Gasteiger partial charge is 0.420 e. The van der Waals surface area contributed by atoms with E-state index >= 15 is 0 Å². The topological polar surface area (TPSA) is 114 Å². The van der Waals surface area contributed by atoms with E-state index in [0.717, 1.165) is 45.2 Å². The Kier molecular flexibility index (Phi) is 8.04. The van der Waals surface area contributed by atoms with Crippen LogP contribution < -0.4 is 25.0 Å². The number of hydrogen-bond donors (Lipinski definition) is 2. The summed E-state index contributed by atoms with van der Waals surface area (Å²) in [6.45, 7) is 1.73. The fourth-order valence-corrected chi connectivity index (χ4v) is 4.64. The van der Waals surface area contributed by atoms with Crippen LogP contribution in [0.15, 0.2) is 48.9 Å². The van der Waals surface area contributed by atoms with Crippen molar-refractivity contribution in [3.05, 3.63) is 60.0 Å². The molecule has 41 heavy (non-hydrogen) atoms. The van der Waals surface area contributed by atoms with E-state index in [2.05, 4.69) is 30.5 Å². The third-order valence-corrected chi connectivity index (χ3v) is 6.73. The summed E-state index contributed by atoms with van der Waals surface area (Å²) >= 11 is 0. The van der Waals surface area contributed by atoms with Crippen LogP contribution in [0, 0.1) is 0 Å². The van der Waals surface area contributed by atoms with E-state index in [4.69, 9.17) is 14.5 Å². The minimum absolute atomic E-state index is 0.0343. The minimum atomic E-state index is -4.65. The normalized spacial score (nSPS) is 13.9. The van der Waals surface area contributed by atoms with Gasteiger partial charge in [-0.05, 0) is 49.2 Å². The van der Waals surface area contributed by atoms with E-state index in [1.807, 2.05) is 0 Å². The Bertz CT molecular complexity index is 1560. The SMILES string of the molecule is COc1ccc(C(=O)Nc2ccc(OC)c(C(F)(F)F)c2)cc1Nc1ncnc2cnc(N3CCCCCC3)nc12. The van der Waals surface area contributed by atoms with Crippen molar-refractivity contribution < 1.29 is 27.4 Å². The molecule has 214 valence electrons. The lowest BCUT2D eigenvalue weighted by molar-refractivity contribution is -0.138. The van der Waals surface area contributed by atoms with Crippen molar-refractivity contribution in [3.63, 3.8) is 0 Å². The fraction of sp³-hybridized carbons (Fsp3) is 0.321. The molecule has 0 aliphatic carbocycles. The molecule has 1 aliphatic heterocycles. The van der Waals surface area contributed by atoms with Crippen molar-refractivity contribution in [2.45, 2.75) is 31.9 Å². The number of hydrogen-bond acceptors (Lipinski definition) is 9. The lowest BCUT2D eigenvalue weighted by Crippen LogP contribution is -2.26. The van der Waals surface area contributed by atoms with Gasteiger partial charge < -0.3 is 25.0 Å². The van der Waals surface area contributed by atoms with Crippen LogP contribution in [0.4, 0.5) is 36.3 Å². The monoisotopic (exact) mass is 567 g/mol. The van der Waals surface area contributed by atoms with Crippen molar-refractivity contribution in [3.8, 4) is 11.5 Å². The summed E-state index contributed by atoms with van der Waals surface area (Å²) in [7, 11) is 2.63. The van der Waals surface area contributed by atoms with E-state index < -0.39 is 17.6 Å². The first-order valence-electron chi connectivity index (χ1n) is 13.0. The van der Waals surface area contributed by atoms with Crippen LogP contribution in [-0.2, 0) is 6.18 Å². The molecule has 0 spiro atoms. The third kappa shape index (κ3) is 6.23. The van der Waals surface area contributed by atoms with Gasteiger partial charge in [-0.25, -0.2) is 19.9 Å². The number of rotatable bonds is 7. The largest absolute Gasteiger partial charge is 0.496 e. The number of fused-ring (bicyclic) bond motifs is 1. The summed E-state index contributed by atoms with van der Waals surface area (Å²) in [4.78, 5) is 33.1. The number of benzene rings is 2. The molecular formula is C28H28F3N7O3. The van der Waals surface area contributed by atoms with Gasteiger partial charge in [0.25, 0.3) is 5.91 Å². The van der Waals surface area contributed by atoms with Crippen LogP contribution >= 0.6 is 0 Å². The van der Waals surface area contributed by atoms with E-state index in [-0.39, 0.29) is 17.0 Å². The summed E-state index contributed by atoms with van der Waals surface area (Å²) < 4.78 is 50.6. The Morgan fingerprint density at radius 2 is 1.66 bits per heavy atom. The van der Waals surface area contributed by atoms with Gasteiger partial charge in [0.2, 0.25) is 5.95 Å². The summed E-state index contributed by atoms with van der Waals surface area (Å²) in [6.07, 6.45) is 2.86. The lowest BCUT2D eigenvalue weighted by atomic mass is 10.1. The first-order chi connectivity index (χ1) is 19.8. The zero-order valence-electron chi connectivity index (χ0n) is 22.5. The molecule has 0 radical (unpaired) electrons. The van der Waals surface area contributed by atoms with Gasteiger partial charge in [-0.2, -0.15) is 13.2 Å². The molecule has 0 saturated carbocycles. The number of amides is 1. The number of nitrogens with zero attached hydrogens (tertiary/aromatic N) is 5. The number of alkyl halides is 3. The zero-order chi connectivity index (χ0) is 29.0. The predicted molar refractivity (Wildman–Crippen MR) is 148 cm³/mol. The van der Waals surface area contributed by atoms with Crippen molar-refractivity contribution in [1.29, 1.82) is 0 Å². The van der Waals surface area contributed by atoms with Gasteiger partial charge in [0, 0.05) is 24.3 Å². The highest BCUT2D eigenvalue weighted by Crippen LogP contribution is 2.38. The molecule has 2 N–H and O–H groups in total. The Hall–Kier alpha value is -4.68. The maximum Gasteiger partial charge on any atom is 0.420 e. The molecule has 0 bridgehead atoms. The first-order valence-corrected chi connectivity index (χ1v) is 13.0. The number of methoxy groups -OCH3 is 2. The summed E-state index contributed by atoms with van der Waals surface area (Å²) in [5.74, 6) is 0.432. The molecule has 13 heteroatoms. The molecule has 1 aliphatic rings. The summed E-state index contributed by atoms with van der Waals surface area (Å²) in [6, 6.07) is 7.92. The third-order valence-electron chi connectivity index (χ3n) is 6.73. The molecule has 1 amide bonds. The fourth-order valence-electron chi connectivity index (χ4n) is 4.64. The zero-order valence-corrected chi connectivity index (χ0v) is 22.5. The molecule has 5 rings (SSSR count). The van der Waals surface area contributed by atoms with E-state index in [1.165, 1.54) is 44.5 Å². The standard InChI is InChI=1S/C28H28F3N7O3/c1-40-22-10-8-18(14-19(22)28(29,30)31)35-26(39)17-7-9-23(41-2)20(13-17)36-25-24-21(33-16-34-25)15-32-27(37-24)38-11-5-3-4-6-12-38/h7-10,13-16H,3-6,11-12H2,1-2H3,(H,35,39)(H,33,34,36). The highest BCUT2D eigenvalue weighted by Gasteiger charge is 2.34. The molecule has 2 aromatic carbocycles. The lowest BCUT2D eigenvalue weighted by Gasteiger charge is -2.20. The molecule has 1 saturated heterocycles. The van der Waals surface area contributed by atoms with Crippen LogP contribution in [-0.4, -0.2) is 53.2 Å². The molecule has 4 aromatic rings. The number of carbonyl (C=O) groups excluding carboxylic acids is 1. The number of nitrogens with one attached hydrogen (secondary N) is 2. The van der Waals surface area contributed by atoms with Gasteiger partial charge in [0.1, 0.15) is 28.9 Å². The van der Waals surface area contributed by atoms with E-state index in [1.54, 1.807) is 12.3 Å². The van der Waals surface area contributed by atoms with Crippen LogP contribution in [0.1, 0.15) is 41.6 Å². The van der Waals surface area contributed by atoms with Crippen molar-refractivity contribution in [2.75, 3.05) is 42.8 Å². The van der Waals surface area contributed by atoms with Gasteiger partial charge in [0.05, 0.1) is 31.7 Å².